The SMILES string of the molecule is NC(=O)NCC(C1CC1)C1CC1. The Kier molecular flexibility index (Phi) is 1.95. The van der Waals surface area contributed by atoms with Crippen LogP contribution in [0.5, 0.6) is 0 Å². The maximum Gasteiger partial charge on any atom is 0.312 e. The van der Waals surface area contributed by atoms with Gasteiger partial charge in [0.2, 0.25) is 0 Å². The molecule has 12 heavy (non-hydrogen) atoms. The summed E-state index contributed by atoms with van der Waals surface area (Å²) in [4.78, 5) is 10.5. The average molecular weight is 168 g/mol. The van der Waals surface area contributed by atoms with E-state index in [9.17, 15) is 4.79 Å². The minimum absolute atomic E-state index is 0.374. The second-order valence-electron chi connectivity index (χ2n) is 4.08. The molecule has 2 fully saturated rings. The van der Waals surface area contributed by atoms with Crippen LogP contribution in [0.15, 0.2) is 0 Å². The third kappa shape index (κ3) is 1.90. The highest BCUT2D eigenvalue weighted by molar-refractivity contribution is 5.71. The van der Waals surface area contributed by atoms with Gasteiger partial charge in [-0.1, -0.05) is 0 Å². The van der Waals surface area contributed by atoms with Gasteiger partial charge in [-0.05, 0) is 43.4 Å². The highest BCUT2D eigenvalue weighted by Gasteiger charge is 2.41. The Labute approximate surface area is 72.7 Å². The zero-order valence-corrected chi connectivity index (χ0v) is 7.25. The zero-order chi connectivity index (χ0) is 8.55. The van der Waals surface area contributed by atoms with Crippen molar-refractivity contribution >= 4 is 6.03 Å². The van der Waals surface area contributed by atoms with Crippen LogP contribution in [0.25, 0.3) is 0 Å². The number of hydrogen-bond acceptors (Lipinski definition) is 1. The third-order valence-electron chi connectivity index (χ3n) is 2.97. The van der Waals surface area contributed by atoms with Crippen molar-refractivity contribution in [3.8, 4) is 0 Å². The quantitative estimate of drug-likeness (QED) is 0.648. The molecule has 0 radical (unpaired) electrons. The second-order valence-corrected chi connectivity index (χ2v) is 4.08. The first-order valence-electron chi connectivity index (χ1n) is 4.80. The molecule has 0 atom stereocenters. The number of primary amides is 1. The van der Waals surface area contributed by atoms with Gasteiger partial charge in [-0.15, -0.1) is 0 Å². The fourth-order valence-corrected chi connectivity index (χ4v) is 1.99. The van der Waals surface area contributed by atoms with Crippen molar-refractivity contribution in [1.29, 1.82) is 0 Å². The van der Waals surface area contributed by atoms with Crippen molar-refractivity contribution in [3.63, 3.8) is 0 Å². The van der Waals surface area contributed by atoms with Crippen LogP contribution in [0.1, 0.15) is 25.7 Å². The molecule has 0 aromatic rings. The lowest BCUT2D eigenvalue weighted by Crippen LogP contribution is -2.34. The van der Waals surface area contributed by atoms with Gasteiger partial charge in [0, 0.05) is 6.54 Å². The molecule has 2 aliphatic carbocycles. The van der Waals surface area contributed by atoms with Gasteiger partial charge in [0.05, 0.1) is 0 Å². The number of hydrogen-bond donors (Lipinski definition) is 2. The van der Waals surface area contributed by atoms with E-state index in [1.807, 2.05) is 0 Å². The molecule has 3 N–H and O–H groups in total. The van der Waals surface area contributed by atoms with E-state index >= 15 is 0 Å². The summed E-state index contributed by atoms with van der Waals surface area (Å²) in [5.74, 6) is 2.52. The molecule has 3 heteroatoms. The van der Waals surface area contributed by atoms with E-state index in [2.05, 4.69) is 5.32 Å². The summed E-state index contributed by atoms with van der Waals surface area (Å²) in [6.45, 7) is 0.810. The first-order valence-corrected chi connectivity index (χ1v) is 4.80. The van der Waals surface area contributed by atoms with E-state index in [4.69, 9.17) is 5.73 Å². The summed E-state index contributed by atoms with van der Waals surface area (Å²) in [5, 5.41) is 2.73. The summed E-state index contributed by atoms with van der Waals surface area (Å²) in [7, 11) is 0. The standard InChI is InChI=1S/C9H16N2O/c10-9(12)11-5-8(6-1-2-6)7-3-4-7/h6-8H,1-5H2,(H3,10,11,12). The molecular weight excluding hydrogens is 152 g/mol. The van der Waals surface area contributed by atoms with Crippen LogP contribution < -0.4 is 11.1 Å². The summed E-state index contributed by atoms with van der Waals surface area (Å²) in [6.07, 6.45) is 5.45. The number of nitrogens with two attached hydrogens (primary N) is 1. The number of carbonyl (C=O) groups is 1. The molecule has 0 bridgehead atoms. The molecule has 2 amide bonds. The van der Waals surface area contributed by atoms with E-state index in [1.54, 1.807) is 0 Å². The maximum atomic E-state index is 10.5. The predicted molar refractivity (Wildman–Crippen MR) is 46.5 cm³/mol. The Morgan fingerprint density at radius 3 is 2.17 bits per heavy atom. The molecule has 0 aromatic carbocycles. The summed E-state index contributed by atoms with van der Waals surface area (Å²) in [5.41, 5.74) is 5.03. The fraction of sp³-hybridized carbons (Fsp3) is 0.889. The van der Waals surface area contributed by atoms with Gasteiger partial charge in [-0.2, -0.15) is 0 Å². The van der Waals surface area contributed by atoms with E-state index in [0.717, 1.165) is 24.3 Å². The van der Waals surface area contributed by atoms with Crippen LogP contribution >= 0.6 is 0 Å². The Balaban J connectivity index is 1.76. The van der Waals surface area contributed by atoms with Crippen LogP contribution in [0.2, 0.25) is 0 Å². The molecule has 0 unspecified atom stereocenters. The molecule has 0 aliphatic heterocycles. The number of amides is 2. The van der Waals surface area contributed by atoms with Gasteiger partial charge in [-0.3, -0.25) is 0 Å². The first kappa shape index (κ1) is 7.90. The smallest absolute Gasteiger partial charge is 0.312 e. The maximum absolute atomic E-state index is 10.5. The largest absolute Gasteiger partial charge is 0.352 e. The van der Waals surface area contributed by atoms with Crippen LogP contribution in [-0.4, -0.2) is 12.6 Å². The summed E-state index contributed by atoms with van der Waals surface area (Å²) >= 11 is 0. The molecule has 2 rings (SSSR count). The number of carbonyl (C=O) groups excluding carboxylic acids is 1. The Morgan fingerprint density at radius 2 is 1.83 bits per heavy atom. The lowest BCUT2D eigenvalue weighted by atomic mass is 9.98. The van der Waals surface area contributed by atoms with Gasteiger partial charge in [0.25, 0.3) is 0 Å². The first-order chi connectivity index (χ1) is 5.77. The van der Waals surface area contributed by atoms with Crippen LogP contribution in [0.3, 0.4) is 0 Å². The van der Waals surface area contributed by atoms with Crippen molar-refractivity contribution in [2.75, 3.05) is 6.54 Å². The molecular formula is C9H16N2O. The number of urea groups is 1. The van der Waals surface area contributed by atoms with E-state index in [1.165, 1.54) is 25.7 Å². The lowest BCUT2D eigenvalue weighted by Gasteiger charge is -2.14. The topological polar surface area (TPSA) is 55.1 Å². The minimum atomic E-state index is -0.374. The van der Waals surface area contributed by atoms with Gasteiger partial charge >= 0.3 is 6.03 Å². The number of rotatable bonds is 4. The van der Waals surface area contributed by atoms with Crippen molar-refractivity contribution in [3.05, 3.63) is 0 Å². The summed E-state index contributed by atoms with van der Waals surface area (Å²) < 4.78 is 0. The lowest BCUT2D eigenvalue weighted by molar-refractivity contribution is 0.245. The van der Waals surface area contributed by atoms with Gasteiger partial charge in [-0.25, -0.2) is 4.79 Å². The predicted octanol–water partition coefficient (Wildman–Crippen LogP) is 1.09. The van der Waals surface area contributed by atoms with E-state index in [-0.39, 0.29) is 6.03 Å². The second kappa shape index (κ2) is 2.96. The minimum Gasteiger partial charge on any atom is -0.352 e. The Hall–Kier alpha value is -0.730. The van der Waals surface area contributed by atoms with Crippen LogP contribution in [0.4, 0.5) is 4.79 Å². The number of nitrogens with one attached hydrogen (secondary N) is 1. The zero-order valence-electron chi connectivity index (χ0n) is 7.25. The fourth-order valence-electron chi connectivity index (χ4n) is 1.99. The molecule has 2 aliphatic rings. The molecule has 2 saturated carbocycles. The third-order valence-corrected chi connectivity index (χ3v) is 2.97. The van der Waals surface area contributed by atoms with Crippen molar-refractivity contribution in [2.45, 2.75) is 25.7 Å². The molecule has 0 spiro atoms. The Morgan fingerprint density at radius 1 is 1.33 bits per heavy atom. The van der Waals surface area contributed by atoms with Crippen molar-refractivity contribution in [1.82, 2.24) is 5.32 Å². The van der Waals surface area contributed by atoms with Gasteiger partial charge in [0.1, 0.15) is 0 Å². The molecule has 0 aromatic heterocycles. The highest BCUT2D eigenvalue weighted by Crippen LogP contribution is 2.48. The van der Waals surface area contributed by atoms with Gasteiger partial charge in [0.15, 0.2) is 0 Å². The average Bonchev–Trinajstić information content (AvgIpc) is 2.83. The van der Waals surface area contributed by atoms with E-state index < -0.39 is 0 Å². The molecule has 68 valence electrons. The van der Waals surface area contributed by atoms with Crippen molar-refractivity contribution < 1.29 is 4.79 Å². The Bertz CT molecular complexity index is 173. The normalized spacial score (nSPS) is 22.8. The van der Waals surface area contributed by atoms with E-state index in [0.29, 0.717) is 0 Å². The molecule has 3 nitrogen and oxygen atoms in total. The van der Waals surface area contributed by atoms with Gasteiger partial charge < -0.3 is 11.1 Å². The monoisotopic (exact) mass is 168 g/mol. The van der Waals surface area contributed by atoms with Crippen LogP contribution in [-0.2, 0) is 0 Å². The molecule has 0 heterocycles. The van der Waals surface area contributed by atoms with Crippen molar-refractivity contribution in [2.24, 2.45) is 23.5 Å². The van der Waals surface area contributed by atoms with Crippen LogP contribution in [0, 0.1) is 17.8 Å². The highest BCUT2D eigenvalue weighted by atomic mass is 16.2. The summed E-state index contributed by atoms with van der Waals surface area (Å²) in [6, 6.07) is -0.374. The molecule has 0 saturated heterocycles.